The smallest absolute Gasteiger partial charge is 0.267 e. The Labute approximate surface area is 179 Å². The van der Waals surface area contributed by atoms with Crippen molar-refractivity contribution in [3.05, 3.63) is 71.3 Å². The summed E-state index contributed by atoms with van der Waals surface area (Å²) >= 11 is 0. The Morgan fingerprint density at radius 2 is 1.55 bits per heavy atom. The molecule has 0 bridgehead atoms. The third kappa shape index (κ3) is 5.66. The van der Waals surface area contributed by atoms with E-state index in [9.17, 15) is 23.5 Å². The van der Waals surface area contributed by atoms with Gasteiger partial charge in [0, 0.05) is 23.2 Å². The number of nitrogens with one attached hydrogen (secondary N) is 2. The molecule has 31 heavy (non-hydrogen) atoms. The third-order valence-corrected chi connectivity index (χ3v) is 5.33. The molecular weight excluding hydrogens is 406 g/mol. The molecule has 2 atom stereocenters. The molecule has 0 aliphatic carbocycles. The third-order valence-electron chi connectivity index (χ3n) is 5.33. The normalized spacial score (nSPS) is 14.5. The maximum Gasteiger partial charge on any atom is 0.267 e. The Balaban J connectivity index is 2.02. The minimum atomic E-state index is -3.24. The molecule has 0 radical (unpaired) electrons. The minimum absolute atomic E-state index is 0.179. The fourth-order valence-corrected chi connectivity index (χ4v) is 2.86. The molecule has 0 aliphatic rings. The van der Waals surface area contributed by atoms with Crippen molar-refractivity contribution in [2.75, 3.05) is 6.54 Å². The first-order valence-corrected chi connectivity index (χ1v) is 9.52. The first-order chi connectivity index (χ1) is 14.6. The van der Waals surface area contributed by atoms with E-state index in [2.05, 4.69) is 17.2 Å². The van der Waals surface area contributed by atoms with Gasteiger partial charge in [0.05, 0.1) is 5.41 Å². The summed E-state index contributed by atoms with van der Waals surface area (Å²) in [5.41, 5.74) is -1.56. The maximum atomic E-state index is 13.3. The van der Waals surface area contributed by atoms with Crippen molar-refractivity contribution >= 4 is 11.8 Å². The highest BCUT2D eigenvalue weighted by atomic mass is 19.3. The van der Waals surface area contributed by atoms with Gasteiger partial charge in [-0.05, 0) is 56.7 Å². The summed E-state index contributed by atoms with van der Waals surface area (Å²) in [7, 11) is 0. The van der Waals surface area contributed by atoms with E-state index < -0.39 is 29.3 Å². The Morgan fingerprint density at radius 1 is 1.00 bits per heavy atom. The van der Waals surface area contributed by atoms with Crippen LogP contribution in [0.2, 0.25) is 0 Å². The molecule has 0 spiro atoms. The largest absolute Gasteiger partial charge is 0.383 e. The summed E-state index contributed by atoms with van der Waals surface area (Å²) in [5, 5.41) is 21.5. The lowest BCUT2D eigenvalue weighted by Gasteiger charge is -2.40. The van der Waals surface area contributed by atoms with E-state index in [1.165, 1.54) is 5.48 Å². The van der Waals surface area contributed by atoms with E-state index in [0.29, 0.717) is 11.1 Å². The second-order valence-corrected chi connectivity index (χ2v) is 7.42. The van der Waals surface area contributed by atoms with Crippen LogP contribution >= 0.6 is 0 Å². The average Bonchev–Trinajstić information content (AvgIpc) is 2.77. The molecule has 0 fully saturated rings. The maximum absolute atomic E-state index is 13.3. The van der Waals surface area contributed by atoms with Crippen LogP contribution < -0.4 is 10.8 Å². The number of rotatable bonds is 7. The van der Waals surface area contributed by atoms with Crippen molar-refractivity contribution in [3.63, 3.8) is 0 Å². The second-order valence-electron chi connectivity index (χ2n) is 7.42. The summed E-state index contributed by atoms with van der Waals surface area (Å²) in [6.45, 7) is 1.72. The molecule has 2 unspecified atom stereocenters. The topological polar surface area (TPSA) is 98.7 Å². The number of carbonyl (C=O) groups is 2. The SMILES string of the molecule is CC(CCNC(=O)c1ccc(C#Cc2ccccc2)cc1)(C(=O)NO)C(C)(O)C(F)F. The zero-order valence-electron chi connectivity index (χ0n) is 17.2. The number of carbonyl (C=O) groups excluding carboxylic acids is 2. The van der Waals surface area contributed by atoms with Gasteiger partial charge in [0.1, 0.15) is 5.60 Å². The zero-order chi connectivity index (χ0) is 23.1. The molecule has 0 heterocycles. The number of hydroxylamine groups is 1. The zero-order valence-corrected chi connectivity index (χ0v) is 17.2. The van der Waals surface area contributed by atoms with Gasteiger partial charge in [-0.15, -0.1) is 0 Å². The van der Waals surface area contributed by atoms with E-state index in [4.69, 9.17) is 5.21 Å². The lowest BCUT2D eigenvalue weighted by Crippen LogP contribution is -2.58. The Hall–Kier alpha value is -3.28. The van der Waals surface area contributed by atoms with Crippen molar-refractivity contribution in [2.24, 2.45) is 5.41 Å². The van der Waals surface area contributed by atoms with Crippen molar-refractivity contribution < 1.29 is 28.7 Å². The molecule has 6 nitrogen and oxygen atoms in total. The van der Waals surface area contributed by atoms with Crippen LogP contribution in [-0.2, 0) is 4.79 Å². The first kappa shape index (κ1) is 24.0. The fourth-order valence-electron chi connectivity index (χ4n) is 2.86. The molecule has 2 aromatic carbocycles. The number of benzene rings is 2. The molecule has 0 aliphatic heterocycles. The van der Waals surface area contributed by atoms with E-state index in [-0.39, 0.29) is 13.0 Å². The second kappa shape index (κ2) is 10.2. The standard InChI is InChI=1S/C23H24F2N2O4/c1-22(21(29)27-31,23(2,30)20(24)25)14-15-26-19(28)18-12-10-17(11-13-18)9-8-16-6-4-3-5-7-16/h3-7,10-13,20,30-31H,14-15H2,1-2H3,(H,26,28)(H,27,29). The van der Waals surface area contributed by atoms with Crippen LogP contribution in [0.15, 0.2) is 54.6 Å². The Kier molecular flexibility index (Phi) is 7.86. The van der Waals surface area contributed by atoms with E-state index in [0.717, 1.165) is 19.4 Å². The van der Waals surface area contributed by atoms with Crippen molar-refractivity contribution in [1.29, 1.82) is 0 Å². The van der Waals surface area contributed by atoms with Crippen LogP contribution in [0, 0.1) is 17.3 Å². The van der Waals surface area contributed by atoms with E-state index in [1.807, 2.05) is 30.3 Å². The molecule has 164 valence electrons. The van der Waals surface area contributed by atoms with Gasteiger partial charge in [-0.1, -0.05) is 30.0 Å². The molecule has 4 N–H and O–H groups in total. The van der Waals surface area contributed by atoms with E-state index in [1.54, 1.807) is 24.3 Å². The molecule has 0 saturated heterocycles. The van der Waals surface area contributed by atoms with Crippen LogP contribution in [0.1, 0.15) is 41.8 Å². The van der Waals surface area contributed by atoms with Crippen molar-refractivity contribution in [2.45, 2.75) is 32.3 Å². The molecule has 2 amide bonds. The summed E-state index contributed by atoms with van der Waals surface area (Å²) in [6.07, 6.45) is -3.57. The summed E-state index contributed by atoms with van der Waals surface area (Å²) in [6, 6.07) is 15.9. The number of aliphatic hydroxyl groups is 1. The summed E-state index contributed by atoms with van der Waals surface area (Å²) in [4.78, 5) is 24.3. The van der Waals surface area contributed by atoms with Crippen LogP contribution in [0.3, 0.4) is 0 Å². The van der Waals surface area contributed by atoms with Crippen LogP contribution in [0.5, 0.6) is 0 Å². The van der Waals surface area contributed by atoms with E-state index >= 15 is 0 Å². The molecule has 2 aromatic rings. The minimum Gasteiger partial charge on any atom is -0.383 e. The highest BCUT2D eigenvalue weighted by Crippen LogP contribution is 2.39. The highest BCUT2D eigenvalue weighted by molar-refractivity contribution is 5.94. The Bertz CT molecular complexity index is 967. The van der Waals surface area contributed by atoms with Gasteiger partial charge in [-0.25, -0.2) is 14.3 Å². The number of hydrogen-bond acceptors (Lipinski definition) is 4. The first-order valence-electron chi connectivity index (χ1n) is 9.52. The quantitative estimate of drug-likeness (QED) is 0.308. The van der Waals surface area contributed by atoms with Crippen LogP contribution in [0.25, 0.3) is 0 Å². The number of alkyl halides is 2. The summed E-state index contributed by atoms with van der Waals surface area (Å²) in [5.74, 6) is 4.34. The monoisotopic (exact) mass is 430 g/mol. The molecule has 2 rings (SSSR count). The van der Waals surface area contributed by atoms with Gasteiger partial charge in [-0.3, -0.25) is 14.8 Å². The van der Waals surface area contributed by atoms with Crippen molar-refractivity contribution in [3.8, 4) is 11.8 Å². The molecule has 8 heteroatoms. The number of hydrogen-bond donors (Lipinski definition) is 4. The summed E-state index contributed by atoms with van der Waals surface area (Å²) < 4.78 is 26.5. The fraction of sp³-hybridized carbons (Fsp3) is 0.304. The highest BCUT2D eigenvalue weighted by Gasteiger charge is 2.54. The van der Waals surface area contributed by atoms with Crippen LogP contribution in [-0.4, -0.2) is 40.7 Å². The predicted molar refractivity (Wildman–Crippen MR) is 110 cm³/mol. The van der Waals surface area contributed by atoms with Crippen molar-refractivity contribution in [1.82, 2.24) is 10.8 Å². The van der Waals surface area contributed by atoms with Crippen LogP contribution in [0.4, 0.5) is 8.78 Å². The molecule has 0 aromatic heterocycles. The average molecular weight is 430 g/mol. The molecule has 0 saturated carbocycles. The lowest BCUT2D eigenvalue weighted by molar-refractivity contribution is -0.182. The number of amides is 2. The van der Waals surface area contributed by atoms with Gasteiger partial charge in [0.2, 0.25) is 0 Å². The lowest BCUT2D eigenvalue weighted by atomic mass is 9.71. The predicted octanol–water partition coefficient (Wildman–Crippen LogP) is 2.73. The van der Waals surface area contributed by atoms with Gasteiger partial charge in [0.15, 0.2) is 0 Å². The molecular formula is C23H24F2N2O4. The van der Waals surface area contributed by atoms with Gasteiger partial charge in [-0.2, -0.15) is 0 Å². The number of halogens is 2. The van der Waals surface area contributed by atoms with Gasteiger partial charge >= 0.3 is 0 Å². The Morgan fingerprint density at radius 3 is 2.06 bits per heavy atom. The van der Waals surface area contributed by atoms with Gasteiger partial charge in [0.25, 0.3) is 18.2 Å². The van der Waals surface area contributed by atoms with Gasteiger partial charge < -0.3 is 10.4 Å².